The van der Waals surface area contributed by atoms with Gasteiger partial charge in [0.25, 0.3) is 0 Å². The van der Waals surface area contributed by atoms with Crippen molar-refractivity contribution >= 4 is 29.2 Å². The molecule has 0 heterocycles. The summed E-state index contributed by atoms with van der Waals surface area (Å²) in [4.78, 5) is 0. The van der Waals surface area contributed by atoms with Crippen LogP contribution in [0.1, 0.15) is 0 Å². The molecule has 0 saturated heterocycles. The summed E-state index contributed by atoms with van der Waals surface area (Å²) in [5.74, 6) is 0. The first-order valence-electron chi connectivity index (χ1n) is 0.626. The SMILES string of the molecule is C=CCl.[GeH4]. The van der Waals surface area contributed by atoms with E-state index < -0.39 is 0 Å². The number of hydrogen-bond acceptors (Lipinski definition) is 0. The summed E-state index contributed by atoms with van der Waals surface area (Å²) in [5, 5.41) is 0. The van der Waals surface area contributed by atoms with E-state index in [1.165, 1.54) is 5.54 Å². The van der Waals surface area contributed by atoms with Crippen LogP contribution >= 0.6 is 11.6 Å². The van der Waals surface area contributed by atoms with Gasteiger partial charge in [0.2, 0.25) is 0 Å². The molecule has 26 valence electrons. The second kappa shape index (κ2) is 9.56. The molecule has 0 amide bonds. The summed E-state index contributed by atoms with van der Waals surface area (Å²) in [5.41, 5.74) is 1.22. The zero-order chi connectivity index (χ0) is 2.71. The average Bonchev–Trinajstić information content (AvgIpc) is 0.918. The summed E-state index contributed by atoms with van der Waals surface area (Å²) >= 11 is 4.76. The van der Waals surface area contributed by atoms with Crippen LogP contribution in [0.25, 0.3) is 0 Å². The van der Waals surface area contributed by atoms with Gasteiger partial charge in [-0.05, 0) is 5.54 Å². The summed E-state index contributed by atoms with van der Waals surface area (Å²) < 4.78 is 0. The van der Waals surface area contributed by atoms with Crippen LogP contribution in [-0.4, -0.2) is 17.6 Å². The maximum atomic E-state index is 4.76. The summed E-state index contributed by atoms with van der Waals surface area (Å²) in [7, 11) is 0. The van der Waals surface area contributed by atoms with E-state index in [1.54, 1.807) is 0 Å². The predicted octanol–water partition coefficient (Wildman–Crippen LogP) is -0.0829. The standard InChI is InChI=1S/C2H3Cl.GeH4/c1-2-3;/h2H,1H2;1H4. The van der Waals surface area contributed by atoms with Crippen molar-refractivity contribution in [1.82, 2.24) is 0 Å². The van der Waals surface area contributed by atoms with Crippen molar-refractivity contribution in [3.8, 4) is 0 Å². The molecule has 0 bridgehead atoms. The Hall–Kier alpha value is 0.573. The van der Waals surface area contributed by atoms with Gasteiger partial charge in [0.15, 0.2) is 0 Å². The van der Waals surface area contributed by atoms with Crippen LogP contribution in [-0.2, 0) is 0 Å². The topological polar surface area (TPSA) is 0 Å². The van der Waals surface area contributed by atoms with Gasteiger partial charge >= 0.3 is 17.6 Å². The van der Waals surface area contributed by atoms with Crippen LogP contribution in [0.4, 0.5) is 0 Å². The Morgan fingerprint density at radius 3 is 1.75 bits per heavy atom. The van der Waals surface area contributed by atoms with Crippen molar-refractivity contribution < 1.29 is 0 Å². The molecule has 0 radical (unpaired) electrons. The molecule has 0 aromatic rings. The van der Waals surface area contributed by atoms with Gasteiger partial charge < -0.3 is 0 Å². The minimum atomic E-state index is 0. The van der Waals surface area contributed by atoms with E-state index in [9.17, 15) is 0 Å². The van der Waals surface area contributed by atoms with Gasteiger partial charge in [0.1, 0.15) is 0 Å². The second-order valence-corrected chi connectivity index (χ2v) is 0.463. The van der Waals surface area contributed by atoms with E-state index in [0.29, 0.717) is 0 Å². The normalized spacial score (nSPS) is 3.25. The quantitative estimate of drug-likeness (QED) is 0.412. The van der Waals surface area contributed by atoms with Crippen molar-refractivity contribution in [2.24, 2.45) is 0 Å². The molecule has 0 aliphatic carbocycles. The Balaban J connectivity index is 0. The molecule has 0 spiro atoms. The first kappa shape index (κ1) is 8.82. The van der Waals surface area contributed by atoms with Crippen LogP contribution in [0, 0.1) is 0 Å². The number of halogens is 1. The zero-order valence-corrected chi connectivity index (χ0v) is 2.42. The van der Waals surface area contributed by atoms with Gasteiger partial charge in [-0.25, -0.2) is 0 Å². The Morgan fingerprint density at radius 1 is 1.75 bits per heavy atom. The first-order chi connectivity index (χ1) is 1.41. The van der Waals surface area contributed by atoms with Gasteiger partial charge in [-0.2, -0.15) is 0 Å². The van der Waals surface area contributed by atoms with Crippen LogP contribution in [0.3, 0.4) is 0 Å². The second-order valence-electron chi connectivity index (χ2n) is 0.154. The van der Waals surface area contributed by atoms with E-state index in [-0.39, 0.29) is 17.6 Å². The Kier molecular flexibility index (Phi) is 21.1. The van der Waals surface area contributed by atoms with Gasteiger partial charge in [-0.3, -0.25) is 0 Å². The van der Waals surface area contributed by atoms with Crippen LogP contribution in [0.15, 0.2) is 12.1 Å². The van der Waals surface area contributed by atoms with Gasteiger partial charge in [-0.1, -0.05) is 18.2 Å². The monoisotopic (exact) mass is 140 g/mol. The number of rotatable bonds is 0. The van der Waals surface area contributed by atoms with E-state index in [0.717, 1.165) is 0 Å². The molecule has 0 aliphatic heterocycles. The van der Waals surface area contributed by atoms with Crippen molar-refractivity contribution in [3.63, 3.8) is 0 Å². The Labute approximate surface area is 41.8 Å². The minimum absolute atomic E-state index is 0. The maximum absolute atomic E-state index is 4.76. The molecule has 4 heavy (non-hydrogen) atoms. The molecule has 0 aromatic carbocycles. The summed E-state index contributed by atoms with van der Waals surface area (Å²) in [6.07, 6.45) is 0. The van der Waals surface area contributed by atoms with Crippen molar-refractivity contribution in [3.05, 3.63) is 12.1 Å². The molecule has 0 unspecified atom stereocenters. The zero-order valence-electron chi connectivity index (χ0n) is 1.66. The first-order valence-corrected chi connectivity index (χ1v) is 1.06. The van der Waals surface area contributed by atoms with Gasteiger partial charge in [0, 0.05) is 0 Å². The van der Waals surface area contributed by atoms with E-state index in [1.807, 2.05) is 0 Å². The molecular weight excluding hydrogens is 132 g/mol. The molecule has 0 rings (SSSR count). The van der Waals surface area contributed by atoms with E-state index >= 15 is 0 Å². The molecule has 0 fully saturated rings. The van der Waals surface area contributed by atoms with Crippen LogP contribution in [0.5, 0.6) is 0 Å². The fourth-order valence-corrected chi connectivity index (χ4v) is 0. The molecule has 0 aromatic heterocycles. The van der Waals surface area contributed by atoms with Gasteiger partial charge in [0.05, 0.1) is 0 Å². The van der Waals surface area contributed by atoms with E-state index in [2.05, 4.69) is 6.58 Å². The van der Waals surface area contributed by atoms with E-state index in [4.69, 9.17) is 11.6 Å². The Bertz CT molecular complexity index is 13.5. The fourth-order valence-electron chi connectivity index (χ4n) is 0. The summed E-state index contributed by atoms with van der Waals surface area (Å²) in [6.45, 7) is 3.13. The molecule has 0 aliphatic rings. The van der Waals surface area contributed by atoms with Crippen molar-refractivity contribution in [2.45, 2.75) is 0 Å². The number of hydrogen-bond donors (Lipinski definition) is 0. The molecule has 2 heteroatoms. The molecular formula is C2H7ClGe. The third-order valence-corrected chi connectivity index (χ3v) is 0. The van der Waals surface area contributed by atoms with Crippen LogP contribution in [0.2, 0.25) is 0 Å². The third-order valence-electron chi connectivity index (χ3n) is 0. The fraction of sp³-hybridized carbons (Fsp3) is 0. The molecule has 0 nitrogen and oxygen atoms in total. The summed E-state index contributed by atoms with van der Waals surface area (Å²) in [6, 6.07) is 0. The molecule has 0 atom stereocenters. The van der Waals surface area contributed by atoms with Crippen molar-refractivity contribution in [2.75, 3.05) is 0 Å². The molecule has 0 saturated carbocycles. The third kappa shape index (κ3) is 19.4. The van der Waals surface area contributed by atoms with Crippen LogP contribution < -0.4 is 0 Å². The Morgan fingerprint density at radius 2 is 1.75 bits per heavy atom. The van der Waals surface area contributed by atoms with Gasteiger partial charge in [-0.15, -0.1) is 0 Å². The van der Waals surface area contributed by atoms with Crippen molar-refractivity contribution in [1.29, 1.82) is 0 Å². The molecule has 0 N–H and O–H groups in total. The average molecular weight is 139 g/mol. The predicted molar refractivity (Wildman–Crippen MR) is 27.4 cm³/mol.